The molecular weight excluding hydrogens is 251 g/mol. The minimum absolute atomic E-state index is 0.263. The molecule has 0 aliphatic heterocycles. The SMILES string of the molecule is Cc1ccc(C(=O)N/N=C\c2cccc(F)c2)s1. The van der Waals surface area contributed by atoms with Gasteiger partial charge in [0, 0.05) is 4.88 Å². The van der Waals surface area contributed by atoms with E-state index >= 15 is 0 Å². The second-order valence-electron chi connectivity index (χ2n) is 3.66. The van der Waals surface area contributed by atoms with Gasteiger partial charge in [0.15, 0.2) is 0 Å². The molecule has 0 unspecified atom stereocenters. The molecule has 18 heavy (non-hydrogen) atoms. The molecule has 1 heterocycles. The number of carbonyl (C=O) groups excluding carboxylic acids is 1. The second kappa shape index (κ2) is 5.55. The van der Waals surface area contributed by atoms with Gasteiger partial charge in [0.2, 0.25) is 0 Å². The molecule has 2 rings (SSSR count). The number of hydrazone groups is 1. The van der Waals surface area contributed by atoms with Gasteiger partial charge in [0.1, 0.15) is 5.82 Å². The van der Waals surface area contributed by atoms with E-state index in [1.807, 2.05) is 13.0 Å². The molecular formula is C13H11FN2OS. The van der Waals surface area contributed by atoms with E-state index in [0.29, 0.717) is 10.4 Å². The molecule has 0 radical (unpaired) electrons. The number of nitrogens with one attached hydrogen (secondary N) is 1. The fourth-order valence-corrected chi connectivity index (χ4v) is 2.12. The lowest BCUT2D eigenvalue weighted by Crippen LogP contribution is -2.16. The zero-order valence-electron chi connectivity index (χ0n) is 9.68. The Kier molecular flexibility index (Phi) is 3.84. The predicted octanol–water partition coefficient (Wildman–Crippen LogP) is 2.96. The highest BCUT2D eigenvalue weighted by atomic mass is 32.1. The van der Waals surface area contributed by atoms with Gasteiger partial charge < -0.3 is 0 Å². The van der Waals surface area contributed by atoms with Gasteiger partial charge in [-0.1, -0.05) is 12.1 Å². The summed E-state index contributed by atoms with van der Waals surface area (Å²) < 4.78 is 12.9. The monoisotopic (exact) mass is 262 g/mol. The maximum absolute atomic E-state index is 12.9. The molecule has 0 aliphatic rings. The maximum atomic E-state index is 12.9. The van der Waals surface area contributed by atoms with Crippen LogP contribution in [0.1, 0.15) is 20.1 Å². The minimum Gasteiger partial charge on any atom is -0.266 e. The fraction of sp³-hybridized carbons (Fsp3) is 0.0769. The maximum Gasteiger partial charge on any atom is 0.281 e. The van der Waals surface area contributed by atoms with E-state index in [4.69, 9.17) is 0 Å². The lowest BCUT2D eigenvalue weighted by atomic mass is 10.2. The molecule has 0 aliphatic carbocycles. The van der Waals surface area contributed by atoms with Gasteiger partial charge >= 0.3 is 0 Å². The van der Waals surface area contributed by atoms with Crippen LogP contribution >= 0.6 is 11.3 Å². The Bertz CT molecular complexity index is 592. The predicted molar refractivity (Wildman–Crippen MR) is 70.5 cm³/mol. The number of carbonyl (C=O) groups is 1. The van der Waals surface area contributed by atoms with Crippen LogP contribution in [-0.2, 0) is 0 Å². The van der Waals surface area contributed by atoms with Crippen molar-refractivity contribution in [1.29, 1.82) is 0 Å². The molecule has 0 bridgehead atoms. The zero-order chi connectivity index (χ0) is 13.0. The summed E-state index contributed by atoms with van der Waals surface area (Å²) in [5.41, 5.74) is 2.99. The van der Waals surface area contributed by atoms with Crippen molar-refractivity contribution < 1.29 is 9.18 Å². The zero-order valence-corrected chi connectivity index (χ0v) is 10.5. The first kappa shape index (κ1) is 12.4. The number of hydrogen-bond acceptors (Lipinski definition) is 3. The van der Waals surface area contributed by atoms with Crippen molar-refractivity contribution in [2.75, 3.05) is 0 Å². The van der Waals surface area contributed by atoms with Crippen LogP contribution in [-0.4, -0.2) is 12.1 Å². The minimum atomic E-state index is -0.334. The third kappa shape index (κ3) is 3.24. The van der Waals surface area contributed by atoms with Crippen molar-refractivity contribution in [1.82, 2.24) is 5.43 Å². The molecule has 1 aromatic carbocycles. The van der Waals surface area contributed by atoms with Crippen molar-refractivity contribution in [2.45, 2.75) is 6.92 Å². The van der Waals surface area contributed by atoms with Crippen LogP contribution in [0.2, 0.25) is 0 Å². The van der Waals surface area contributed by atoms with E-state index in [1.54, 1.807) is 18.2 Å². The highest BCUT2D eigenvalue weighted by Crippen LogP contribution is 2.14. The van der Waals surface area contributed by atoms with Crippen molar-refractivity contribution >= 4 is 23.5 Å². The Hall–Kier alpha value is -2.01. The molecule has 92 valence electrons. The molecule has 5 heteroatoms. The Morgan fingerprint density at radius 3 is 2.89 bits per heavy atom. The van der Waals surface area contributed by atoms with Gasteiger partial charge in [0.05, 0.1) is 11.1 Å². The Morgan fingerprint density at radius 1 is 1.39 bits per heavy atom. The van der Waals surface area contributed by atoms with Gasteiger partial charge in [-0.25, -0.2) is 9.82 Å². The molecule has 0 spiro atoms. The highest BCUT2D eigenvalue weighted by molar-refractivity contribution is 7.13. The Balaban J connectivity index is 1.97. The first-order valence-electron chi connectivity index (χ1n) is 5.30. The standard InChI is InChI=1S/C13H11FN2OS/c1-9-5-6-12(18-9)13(17)16-15-8-10-3-2-4-11(14)7-10/h2-8H,1H3,(H,16,17)/b15-8-. The molecule has 0 saturated carbocycles. The van der Waals surface area contributed by atoms with E-state index in [1.165, 1.54) is 29.7 Å². The van der Waals surface area contributed by atoms with E-state index in [-0.39, 0.29) is 11.7 Å². The number of thiophene rings is 1. The number of halogens is 1. The summed E-state index contributed by atoms with van der Waals surface area (Å²) in [4.78, 5) is 13.3. The second-order valence-corrected chi connectivity index (χ2v) is 4.95. The number of benzene rings is 1. The van der Waals surface area contributed by atoms with Crippen LogP contribution in [0.5, 0.6) is 0 Å². The van der Waals surface area contributed by atoms with Gasteiger partial charge in [0.25, 0.3) is 5.91 Å². The molecule has 1 aromatic heterocycles. The third-order valence-electron chi connectivity index (χ3n) is 2.19. The summed E-state index contributed by atoms with van der Waals surface area (Å²) in [7, 11) is 0. The summed E-state index contributed by atoms with van der Waals surface area (Å²) in [5.74, 6) is -0.597. The average Bonchev–Trinajstić information content (AvgIpc) is 2.76. The first-order valence-corrected chi connectivity index (χ1v) is 6.12. The summed E-state index contributed by atoms with van der Waals surface area (Å²) >= 11 is 1.40. The molecule has 3 nitrogen and oxygen atoms in total. The number of hydrogen-bond donors (Lipinski definition) is 1. The van der Waals surface area contributed by atoms with Crippen LogP contribution in [0.15, 0.2) is 41.5 Å². The van der Waals surface area contributed by atoms with Crippen molar-refractivity contribution in [3.8, 4) is 0 Å². The molecule has 1 N–H and O–H groups in total. The lowest BCUT2D eigenvalue weighted by molar-refractivity contribution is 0.0959. The third-order valence-corrected chi connectivity index (χ3v) is 3.19. The van der Waals surface area contributed by atoms with Crippen LogP contribution in [0, 0.1) is 12.7 Å². The lowest BCUT2D eigenvalue weighted by Gasteiger charge is -1.96. The van der Waals surface area contributed by atoms with Crippen LogP contribution in [0.3, 0.4) is 0 Å². The smallest absolute Gasteiger partial charge is 0.266 e. The first-order chi connectivity index (χ1) is 8.65. The van der Waals surface area contributed by atoms with Gasteiger partial charge in [-0.3, -0.25) is 4.79 Å². The number of nitrogens with zero attached hydrogens (tertiary/aromatic N) is 1. The van der Waals surface area contributed by atoms with Gasteiger partial charge in [-0.15, -0.1) is 11.3 Å². The molecule has 0 fully saturated rings. The summed E-state index contributed by atoms with van der Waals surface area (Å²) in [6.45, 7) is 1.93. The Morgan fingerprint density at radius 2 is 2.22 bits per heavy atom. The van der Waals surface area contributed by atoms with Crippen LogP contribution in [0.4, 0.5) is 4.39 Å². The topological polar surface area (TPSA) is 41.5 Å². The van der Waals surface area contributed by atoms with Crippen molar-refractivity contribution in [3.05, 3.63) is 57.5 Å². The molecule has 0 saturated heterocycles. The molecule has 0 atom stereocenters. The fourth-order valence-electron chi connectivity index (χ4n) is 1.36. The van der Waals surface area contributed by atoms with Gasteiger partial charge in [-0.05, 0) is 36.8 Å². The largest absolute Gasteiger partial charge is 0.281 e. The molecule has 2 aromatic rings. The van der Waals surface area contributed by atoms with E-state index < -0.39 is 0 Å². The number of rotatable bonds is 3. The summed E-state index contributed by atoms with van der Waals surface area (Å²) in [6, 6.07) is 9.59. The van der Waals surface area contributed by atoms with E-state index in [2.05, 4.69) is 10.5 Å². The quantitative estimate of drug-likeness (QED) is 0.670. The highest BCUT2D eigenvalue weighted by Gasteiger charge is 2.05. The van der Waals surface area contributed by atoms with E-state index in [0.717, 1.165) is 4.88 Å². The number of amides is 1. The molecule has 1 amide bonds. The van der Waals surface area contributed by atoms with Gasteiger partial charge in [-0.2, -0.15) is 5.10 Å². The normalized spacial score (nSPS) is 10.8. The summed E-state index contributed by atoms with van der Waals surface area (Å²) in [5, 5.41) is 3.78. The average molecular weight is 262 g/mol. The van der Waals surface area contributed by atoms with Crippen LogP contribution < -0.4 is 5.43 Å². The number of aryl methyl sites for hydroxylation is 1. The van der Waals surface area contributed by atoms with Crippen molar-refractivity contribution in [3.63, 3.8) is 0 Å². The Labute approximate surface area is 108 Å². The summed E-state index contributed by atoms with van der Waals surface area (Å²) in [6.07, 6.45) is 1.40. The van der Waals surface area contributed by atoms with E-state index in [9.17, 15) is 9.18 Å². The van der Waals surface area contributed by atoms with Crippen molar-refractivity contribution in [2.24, 2.45) is 5.10 Å². The van der Waals surface area contributed by atoms with Crippen LogP contribution in [0.25, 0.3) is 0 Å².